The third kappa shape index (κ3) is 6.25. The Morgan fingerprint density at radius 3 is 1.11 bits per heavy atom. The molecular weight excluding hydrogens is 903 g/mol. The lowest BCUT2D eigenvalue weighted by atomic mass is 9.66. The van der Waals surface area contributed by atoms with Gasteiger partial charge in [-0.1, -0.05) is 261 Å². The molecule has 0 radical (unpaired) electrons. The maximum absolute atomic E-state index is 2.47. The second-order valence-corrected chi connectivity index (χ2v) is 20.2. The molecule has 3 aliphatic rings. The zero-order valence-electron chi connectivity index (χ0n) is 41.2. The third-order valence-electron chi connectivity index (χ3n) is 16.6. The Bertz CT molecular complexity index is 4050. The summed E-state index contributed by atoms with van der Waals surface area (Å²) in [6.07, 6.45) is 0. The molecule has 75 heavy (non-hydrogen) atoms. The molecule has 0 amide bonds. The minimum absolute atomic E-state index is 0.528. The Balaban J connectivity index is 0.919. The summed E-state index contributed by atoms with van der Waals surface area (Å²) in [5.41, 5.74) is 27.5. The highest BCUT2D eigenvalue weighted by Gasteiger charge is 2.50. The molecule has 12 aromatic rings. The molecule has 0 heterocycles. The van der Waals surface area contributed by atoms with Gasteiger partial charge in [0.15, 0.2) is 0 Å². The van der Waals surface area contributed by atoms with Crippen LogP contribution >= 0.6 is 0 Å². The van der Waals surface area contributed by atoms with E-state index in [1.165, 1.54) is 111 Å². The van der Waals surface area contributed by atoms with Gasteiger partial charge in [0.2, 0.25) is 0 Å². The van der Waals surface area contributed by atoms with Crippen LogP contribution in [-0.2, 0) is 10.8 Å². The second-order valence-electron chi connectivity index (χ2n) is 20.2. The van der Waals surface area contributed by atoms with E-state index in [4.69, 9.17) is 0 Å². The molecule has 0 fully saturated rings. The molecular formula is C74H49N. The van der Waals surface area contributed by atoms with Gasteiger partial charge in [-0.05, 0) is 148 Å². The van der Waals surface area contributed by atoms with Crippen molar-refractivity contribution in [2.45, 2.75) is 10.8 Å². The number of hydrogen-bond acceptors (Lipinski definition) is 1. The van der Waals surface area contributed by atoms with E-state index >= 15 is 0 Å². The minimum atomic E-state index is -0.543. The second kappa shape index (κ2) is 17.0. The number of benzene rings is 12. The summed E-state index contributed by atoms with van der Waals surface area (Å²) in [7, 11) is 0. The van der Waals surface area contributed by atoms with Crippen molar-refractivity contribution in [3.05, 3.63) is 342 Å². The van der Waals surface area contributed by atoms with Crippen LogP contribution in [0, 0.1) is 0 Å². The van der Waals surface area contributed by atoms with E-state index in [9.17, 15) is 0 Å². The van der Waals surface area contributed by atoms with Crippen molar-refractivity contribution in [1.82, 2.24) is 0 Å². The van der Waals surface area contributed by atoms with Crippen molar-refractivity contribution in [2.24, 2.45) is 0 Å². The summed E-state index contributed by atoms with van der Waals surface area (Å²) in [6.45, 7) is 0. The van der Waals surface area contributed by atoms with Gasteiger partial charge < -0.3 is 4.90 Å². The molecule has 0 N–H and O–H groups in total. The summed E-state index contributed by atoms with van der Waals surface area (Å²) < 4.78 is 0. The number of rotatable bonds is 7. The van der Waals surface area contributed by atoms with E-state index in [1.807, 2.05) is 0 Å². The number of nitrogens with zero attached hydrogens (tertiary/aromatic N) is 1. The molecule has 1 spiro atoms. The number of fused-ring (bicyclic) bond motifs is 15. The number of hydrogen-bond donors (Lipinski definition) is 0. The van der Waals surface area contributed by atoms with Crippen LogP contribution < -0.4 is 4.90 Å². The van der Waals surface area contributed by atoms with Crippen LogP contribution in [-0.4, -0.2) is 0 Å². The lowest BCUT2D eigenvalue weighted by Gasteiger charge is -2.35. The molecule has 1 nitrogen and oxygen atoms in total. The predicted molar refractivity (Wildman–Crippen MR) is 311 cm³/mol. The molecule has 1 heteroatoms. The fourth-order valence-corrected chi connectivity index (χ4v) is 13.6. The molecule has 0 bridgehead atoms. The molecule has 0 saturated carbocycles. The fraction of sp³-hybridized carbons (Fsp3) is 0.0270. The Morgan fingerprint density at radius 2 is 0.560 bits per heavy atom. The van der Waals surface area contributed by atoms with E-state index in [1.54, 1.807) is 0 Å². The Morgan fingerprint density at radius 1 is 0.200 bits per heavy atom. The van der Waals surface area contributed by atoms with E-state index in [0.29, 0.717) is 0 Å². The topological polar surface area (TPSA) is 3.24 Å². The summed E-state index contributed by atoms with van der Waals surface area (Å²) in [5.74, 6) is 0. The van der Waals surface area contributed by atoms with Crippen LogP contribution in [0.25, 0.3) is 66.8 Å². The SMILES string of the molecule is c1ccc(-c2ccc(N(c3ccc(-c4cccc5c4-c4ccccc4C54c5ccccc5-c5ccccc5-c5ccccc54)cc3)c3ccc4c(c3)C(c3ccccc3)(c3ccccc3)c3ccccc3-4)cc2)cc1. The van der Waals surface area contributed by atoms with Crippen LogP contribution in [0.5, 0.6) is 0 Å². The Hall–Kier alpha value is -9.56. The number of anilines is 3. The highest BCUT2D eigenvalue weighted by atomic mass is 15.1. The molecule has 12 aromatic carbocycles. The van der Waals surface area contributed by atoms with E-state index in [0.717, 1.165) is 17.1 Å². The summed E-state index contributed by atoms with van der Waals surface area (Å²) in [6, 6.07) is 111. The quantitative estimate of drug-likeness (QED) is 0.154. The van der Waals surface area contributed by atoms with Crippen molar-refractivity contribution in [2.75, 3.05) is 4.90 Å². The molecule has 15 rings (SSSR count). The average molecular weight is 952 g/mol. The minimum Gasteiger partial charge on any atom is -0.310 e. The Labute approximate surface area is 439 Å². The first-order valence-electron chi connectivity index (χ1n) is 26.2. The lowest BCUT2D eigenvalue weighted by molar-refractivity contribution is 0.768. The van der Waals surface area contributed by atoms with Crippen LogP contribution in [0.4, 0.5) is 17.1 Å². The van der Waals surface area contributed by atoms with Crippen molar-refractivity contribution in [3.63, 3.8) is 0 Å². The first-order chi connectivity index (χ1) is 37.2. The third-order valence-corrected chi connectivity index (χ3v) is 16.6. The average Bonchev–Trinajstić information content (AvgIpc) is 4.11. The van der Waals surface area contributed by atoms with Crippen LogP contribution in [0.3, 0.4) is 0 Å². The van der Waals surface area contributed by atoms with Gasteiger partial charge in [-0.3, -0.25) is 0 Å². The van der Waals surface area contributed by atoms with Gasteiger partial charge in [0.25, 0.3) is 0 Å². The van der Waals surface area contributed by atoms with Crippen molar-refractivity contribution in [1.29, 1.82) is 0 Å². The standard InChI is InChI=1S/C74H49N/c1-4-21-50(22-5-1)51-39-43-55(44-40-51)75(57-47-48-64-63-31-14-16-34-66(63)73(71(64)49-57,53-23-6-2-7-24-53)54-25-8-3-9-26-54)56-45-41-52(42-46-56)58-33-20-38-70-72(58)65-32-15-19-37-69(65)74(70)67-35-17-12-29-61(67)59-27-10-11-28-60(59)62-30-13-18-36-68(62)74/h1-49H. The first kappa shape index (κ1) is 43.1. The van der Waals surface area contributed by atoms with Gasteiger partial charge in [0, 0.05) is 17.1 Å². The highest BCUT2D eigenvalue weighted by Crippen LogP contribution is 2.63. The van der Waals surface area contributed by atoms with Gasteiger partial charge in [0.05, 0.1) is 10.8 Å². The maximum atomic E-state index is 2.47. The van der Waals surface area contributed by atoms with E-state index < -0.39 is 10.8 Å². The van der Waals surface area contributed by atoms with Crippen molar-refractivity contribution < 1.29 is 0 Å². The molecule has 0 saturated heterocycles. The van der Waals surface area contributed by atoms with E-state index in [-0.39, 0.29) is 0 Å². The first-order valence-corrected chi connectivity index (χ1v) is 26.2. The normalized spacial score (nSPS) is 13.5. The largest absolute Gasteiger partial charge is 0.310 e. The molecule has 0 aromatic heterocycles. The predicted octanol–water partition coefficient (Wildman–Crippen LogP) is 18.9. The summed E-state index contributed by atoms with van der Waals surface area (Å²) in [4.78, 5) is 2.44. The van der Waals surface area contributed by atoms with Crippen molar-refractivity contribution in [3.8, 4) is 66.8 Å². The monoisotopic (exact) mass is 951 g/mol. The smallest absolute Gasteiger partial charge is 0.0725 e. The van der Waals surface area contributed by atoms with Crippen LogP contribution in [0.2, 0.25) is 0 Å². The van der Waals surface area contributed by atoms with Gasteiger partial charge >= 0.3 is 0 Å². The maximum Gasteiger partial charge on any atom is 0.0725 e. The van der Waals surface area contributed by atoms with Crippen molar-refractivity contribution >= 4 is 17.1 Å². The molecule has 3 aliphatic carbocycles. The van der Waals surface area contributed by atoms with Gasteiger partial charge in [-0.2, -0.15) is 0 Å². The fourth-order valence-electron chi connectivity index (χ4n) is 13.6. The highest BCUT2D eigenvalue weighted by molar-refractivity contribution is 6.01. The van der Waals surface area contributed by atoms with Crippen LogP contribution in [0.15, 0.2) is 297 Å². The zero-order valence-corrected chi connectivity index (χ0v) is 41.2. The Kier molecular flexibility index (Phi) is 9.77. The summed E-state index contributed by atoms with van der Waals surface area (Å²) in [5, 5.41) is 0. The van der Waals surface area contributed by atoms with Crippen LogP contribution in [0.1, 0.15) is 44.5 Å². The zero-order chi connectivity index (χ0) is 49.5. The molecule has 0 atom stereocenters. The van der Waals surface area contributed by atoms with E-state index in [2.05, 4.69) is 302 Å². The molecule has 350 valence electrons. The van der Waals surface area contributed by atoms with Gasteiger partial charge in [-0.25, -0.2) is 0 Å². The molecule has 0 aliphatic heterocycles. The van der Waals surface area contributed by atoms with Gasteiger partial charge in [0.1, 0.15) is 0 Å². The lowest BCUT2D eigenvalue weighted by Crippen LogP contribution is -2.29. The molecule has 0 unspecified atom stereocenters. The summed E-state index contributed by atoms with van der Waals surface area (Å²) >= 11 is 0. The van der Waals surface area contributed by atoms with Gasteiger partial charge in [-0.15, -0.1) is 0 Å².